The van der Waals surface area contributed by atoms with E-state index in [4.69, 9.17) is 9.47 Å². The lowest BCUT2D eigenvalue weighted by Crippen LogP contribution is -2.46. The third-order valence-electron chi connectivity index (χ3n) is 6.24. The monoisotopic (exact) mass is 479 g/mol. The van der Waals surface area contributed by atoms with Crippen molar-refractivity contribution in [2.24, 2.45) is 17.3 Å². The first-order valence-corrected chi connectivity index (χ1v) is 12.2. The minimum absolute atomic E-state index is 0.261. The molecule has 2 N–H and O–H groups in total. The van der Waals surface area contributed by atoms with Gasteiger partial charge in [0, 0.05) is 23.6 Å². The fraction of sp³-hybridized carbons (Fsp3) is 0.640. The van der Waals surface area contributed by atoms with E-state index in [-0.39, 0.29) is 18.1 Å². The number of carbonyl (C=O) groups excluding carboxylic acids is 2. The molecule has 0 spiro atoms. The first-order valence-electron chi connectivity index (χ1n) is 11.4. The highest BCUT2D eigenvalue weighted by molar-refractivity contribution is 7.09. The Kier molecular flexibility index (Phi) is 9.97. The summed E-state index contributed by atoms with van der Waals surface area (Å²) in [5.74, 6) is -1.87. The van der Waals surface area contributed by atoms with Gasteiger partial charge in [0.1, 0.15) is 11.9 Å². The van der Waals surface area contributed by atoms with Gasteiger partial charge in [0.25, 0.3) is 0 Å². The average Bonchev–Trinajstić information content (AvgIpc) is 3.16. The number of nitrogens with zero attached hydrogens (tertiary/aromatic N) is 1. The first-order chi connectivity index (χ1) is 15.4. The van der Waals surface area contributed by atoms with Crippen molar-refractivity contribution in [1.29, 1.82) is 0 Å². The number of cyclic esters (lactones) is 1. The summed E-state index contributed by atoms with van der Waals surface area (Å²) in [5.41, 5.74) is 0.407. The summed E-state index contributed by atoms with van der Waals surface area (Å²) in [6, 6.07) is 0. The van der Waals surface area contributed by atoms with Gasteiger partial charge >= 0.3 is 5.97 Å². The Morgan fingerprint density at radius 3 is 2.58 bits per heavy atom. The maximum Gasteiger partial charge on any atom is 0.309 e. The Morgan fingerprint density at radius 2 is 1.94 bits per heavy atom. The zero-order valence-electron chi connectivity index (χ0n) is 20.4. The molecule has 1 aromatic rings. The number of esters is 1. The Bertz CT molecular complexity index is 874. The van der Waals surface area contributed by atoms with Crippen LogP contribution in [0.4, 0.5) is 0 Å². The molecule has 1 aliphatic heterocycles. The molecule has 184 valence electrons. The van der Waals surface area contributed by atoms with Crippen molar-refractivity contribution < 1.29 is 29.3 Å². The third kappa shape index (κ3) is 7.57. The van der Waals surface area contributed by atoms with Crippen molar-refractivity contribution in [2.75, 3.05) is 13.2 Å². The summed E-state index contributed by atoms with van der Waals surface area (Å²) in [4.78, 5) is 30.2. The minimum Gasteiger partial charge on any atom is -0.457 e. The number of aliphatic hydroxyl groups is 2. The van der Waals surface area contributed by atoms with Gasteiger partial charge in [-0.3, -0.25) is 9.59 Å². The lowest BCUT2D eigenvalue weighted by atomic mass is 9.73. The molecular weight excluding hydrogens is 442 g/mol. The predicted molar refractivity (Wildman–Crippen MR) is 129 cm³/mol. The SMILES string of the molecule is C/C(=C\c1csc(C)n1)C1C/C=C/COC[C@H](C)[C@H](O)[C@@H](C)C(=O)C(C)(C)[C@@H](O)CC(=O)O1. The Morgan fingerprint density at radius 1 is 1.24 bits per heavy atom. The summed E-state index contributed by atoms with van der Waals surface area (Å²) in [5, 5.41) is 24.3. The molecule has 1 unspecified atom stereocenters. The van der Waals surface area contributed by atoms with Gasteiger partial charge in [-0.15, -0.1) is 11.3 Å². The zero-order valence-corrected chi connectivity index (χ0v) is 21.2. The Hall–Kier alpha value is -1.87. The maximum atomic E-state index is 13.1. The number of aliphatic hydroxyl groups excluding tert-OH is 2. The van der Waals surface area contributed by atoms with E-state index >= 15 is 0 Å². The molecular formula is C25H37NO6S. The fourth-order valence-corrected chi connectivity index (χ4v) is 4.40. The van der Waals surface area contributed by atoms with Crippen molar-refractivity contribution in [3.8, 4) is 0 Å². The van der Waals surface area contributed by atoms with Gasteiger partial charge in [-0.2, -0.15) is 0 Å². The van der Waals surface area contributed by atoms with Crippen molar-refractivity contribution in [3.63, 3.8) is 0 Å². The fourth-order valence-electron chi connectivity index (χ4n) is 3.83. The molecule has 0 bridgehead atoms. The number of aryl methyl sites for hydroxylation is 1. The standard InChI is InChI=1S/C25H37NO6S/c1-15(11-19-14-33-18(4)26-19)20-9-7-8-10-31-13-16(2)23(29)17(3)24(30)25(5,6)21(27)12-22(28)32-20/h7-8,11,14,16-17,20-21,23,27,29H,9-10,12-13H2,1-6H3/b8-7+,15-11+/t16-,17+,20?,21-,23-/m0/s1. The predicted octanol–water partition coefficient (Wildman–Crippen LogP) is 3.72. The van der Waals surface area contributed by atoms with E-state index in [0.29, 0.717) is 19.6 Å². The summed E-state index contributed by atoms with van der Waals surface area (Å²) >= 11 is 1.54. The van der Waals surface area contributed by atoms with E-state index in [0.717, 1.165) is 16.3 Å². The Balaban J connectivity index is 2.27. The molecule has 0 saturated heterocycles. The summed E-state index contributed by atoms with van der Waals surface area (Å²) in [7, 11) is 0. The van der Waals surface area contributed by atoms with E-state index in [9.17, 15) is 19.8 Å². The van der Waals surface area contributed by atoms with Gasteiger partial charge in [-0.1, -0.05) is 39.8 Å². The number of aromatic nitrogens is 1. The van der Waals surface area contributed by atoms with E-state index < -0.39 is 35.6 Å². The number of rotatable bonds is 2. The van der Waals surface area contributed by atoms with Gasteiger partial charge in [0.15, 0.2) is 0 Å². The number of hydrogen-bond donors (Lipinski definition) is 2. The largest absolute Gasteiger partial charge is 0.457 e. The second kappa shape index (κ2) is 12.0. The van der Waals surface area contributed by atoms with Crippen LogP contribution in [0.3, 0.4) is 0 Å². The molecule has 0 radical (unpaired) electrons. The zero-order chi connectivity index (χ0) is 24.8. The highest BCUT2D eigenvalue weighted by Gasteiger charge is 2.42. The molecule has 8 heteroatoms. The lowest BCUT2D eigenvalue weighted by Gasteiger charge is -2.34. The number of ether oxygens (including phenoxy) is 2. The van der Waals surface area contributed by atoms with Crippen LogP contribution in [0.15, 0.2) is 23.1 Å². The number of Topliss-reactive ketones (excluding diaryl/α,β-unsaturated/α-hetero) is 1. The first kappa shape index (κ1) is 27.4. The highest BCUT2D eigenvalue weighted by Crippen LogP contribution is 2.31. The van der Waals surface area contributed by atoms with Crippen LogP contribution in [0.1, 0.15) is 58.2 Å². The van der Waals surface area contributed by atoms with Crippen molar-refractivity contribution in [2.45, 2.75) is 72.7 Å². The lowest BCUT2D eigenvalue weighted by molar-refractivity contribution is -0.154. The van der Waals surface area contributed by atoms with Crippen LogP contribution in [0.2, 0.25) is 0 Å². The smallest absolute Gasteiger partial charge is 0.309 e. The van der Waals surface area contributed by atoms with Crippen LogP contribution in [0.5, 0.6) is 0 Å². The third-order valence-corrected chi connectivity index (χ3v) is 7.03. The van der Waals surface area contributed by atoms with Crippen LogP contribution in [0, 0.1) is 24.2 Å². The highest BCUT2D eigenvalue weighted by atomic mass is 32.1. The quantitative estimate of drug-likeness (QED) is 0.492. The molecule has 5 atom stereocenters. The van der Waals surface area contributed by atoms with Crippen LogP contribution in [0.25, 0.3) is 6.08 Å². The van der Waals surface area contributed by atoms with E-state index in [1.54, 1.807) is 32.1 Å². The summed E-state index contributed by atoms with van der Waals surface area (Å²) in [6.07, 6.45) is 3.05. The molecule has 0 amide bonds. The molecule has 0 aromatic carbocycles. The van der Waals surface area contributed by atoms with E-state index in [2.05, 4.69) is 4.98 Å². The molecule has 0 saturated carbocycles. The number of hydrogen-bond acceptors (Lipinski definition) is 8. The van der Waals surface area contributed by atoms with Gasteiger partial charge in [-0.25, -0.2) is 4.98 Å². The van der Waals surface area contributed by atoms with Gasteiger partial charge in [0.2, 0.25) is 0 Å². The van der Waals surface area contributed by atoms with Crippen molar-refractivity contribution >= 4 is 29.2 Å². The van der Waals surface area contributed by atoms with Crippen molar-refractivity contribution in [1.82, 2.24) is 4.98 Å². The second-order valence-corrected chi connectivity index (χ2v) is 10.5. The van der Waals surface area contributed by atoms with Crippen LogP contribution in [-0.4, -0.2) is 58.5 Å². The van der Waals surface area contributed by atoms with Crippen molar-refractivity contribution in [3.05, 3.63) is 33.8 Å². The summed E-state index contributed by atoms with van der Waals surface area (Å²) in [6.45, 7) is 11.1. The summed E-state index contributed by atoms with van der Waals surface area (Å²) < 4.78 is 11.4. The normalized spacial score (nSPS) is 31.8. The maximum absolute atomic E-state index is 13.1. The van der Waals surface area contributed by atoms with Crippen LogP contribution in [-0.2, 0) is 19.1 Å². The average molecular weight is 480 g/mol. The molecule has 2 rings (SSSR count). The number of thiazole rings is 1. The molecule has 2 heterocycles. The minimum atomic E-state index is -1.24. The van der Waals surface area contributed by atoms with E-state index in [1.165, 1.54) is 0 Å². The van der Waals surface area contributed by atoms with Gasteiger partial charge in [-0.05, 0) is 25.5 Å². The molecule has 1 aromatic heterocycles. The van der Waals surface area contributed by atoms with Crippen LogP contribution >= 0.6 is 11.3 Å². The molecule has 1 aliphatic rings. The van der Waals surface area contributed by atoms with E-state index in [1.807, 2.05) is 44.4 Å². The van der Waals surface area contributed by atoms with Gasteiger partial charge in [0.05, 0.1) is 48.0 Å². The Labute approximate surface area is 200 Å². The molecule has 7 nitrogen and oxygen atoms in total. The number of carbonyl (C=O) groups is 2. The number of ketones is 1. The van der Waals surface area contributed by atoms with Gasteiger partial charge < -0.3 is 19.7 Å². The molecule has 0 fully saturated rings. The molecule has 33 heavy (non-hydrogen) atoms. The topological polar surface area (TPSA) is 106 Å². The van der Waals surface area contributed by atoms with Crippen LogP contribution < -0.4 is 0 Å². The molecule has 0 aliphatic carbocycles. The second-order valence-electron chi connectivity index (χ2n) is 9.47.